The van der Waals surface area contributed by atoms with Crippen molar-refractivity contribution in [3.63, 3.8) is 0 Å². The minimum Gasteiger partial charge on any atom is -0.395 e. The van der Waals surface area contributed by atoms with Crippen molar-refractivity contribution in [3.05, 3.63) is 75.8 Å². The largest absolute Gasteiger partial charge is 0.395 e. The number of aliphatic imine (C=N–C) groups is 1. The second kappa shape index (κ2) is 9.63. The molecule has 0 saturated carbocycles. The molecule has 10 nitrogen and oxygen atoms in total. The first-order valence-electron chi connectivity index (χ1n) is 10.3. The molecule has 0 fully saturated rings. The number of amides is 1. The van der Waals surface area contributed by atoms with Crippen LogP contribution in [-0.2, 0) is 14.3 Å². The van der Waals surface area contributed by atoms with E-state index in [9.17, 15) is 13.2 Å². The Hall–Kier alpha value is -3.12. The number of hydrogen-bond acceptors (Lipinski definition) is 8. The summed E-state index contributed by atoms with van der Waals surface area (Å²) in [5.41, 5.74) is 2.87. The van der Waals surface area contributed by atoms with Gasteiger partial charge in [-0.1, -0.05) is 23.7 Å². The van der Waals surface area contributed by atoms with E-state index in [4.69, 9.17) is 25.9 Å². The van der Waals surface area contributed by atoms with Crippen molar-refractivity contribution in [1.29, 1.82) is 0 Å². The zero-order chi connectivity index (χ0) is 24.5. The molecular weight excluding hydrogens is 482 g/mol. The number of aryl methyl sites for hydroxylation is 1. The van der Waals surface area contributed by atoms with Gasteiger partial charge < -0.3 is 10.4 Å². The fourth-order valence-electron chi connectivity index (χ4n) is 3.65. The molecule has 0 bridgehead atoms. The first kappa shape index (κ1) is 24.0. The van der Waals surface area contributed by atoms with E-state index < -0.39 is 16.2 Å². The number of hydrogen-bond donors (Lipinski definition) is 2. The van der Waals surface area contributed by atoms with Crippen LogP contribution in [0.15, 0.2) is 47.5 Å². The zero-order valence-electron chi connectivity index (χ0n) is 18.4. The molecule has 1 aromatic heterocycles. The minimum absolute atomic E-state index is 0.119. The Morgan fingerprint density at radius 2 is 1.94 bits per heavy atom. The lowest BCUT2D eigenvalue weighted by Gasteiger charge is -2.14. The quantitative estimate of drug-likeness (QED) is 0.469. The van der Waals surface area contributed by atoms with E-state index in [0.29, 0.717) is 44.8 Å². The predicted octanol–water partition coefficient (Wildman–Crippen LogP) is 1.82. The van der Waals surface area contributed by atoms with Crippen molar-refractivity contribution < 1.29 is 22.5 Å². The first-order chi connectivity index (χ1) is 16.2. The van der Waals surface area contributed by atoms with Crippen LogP contribution >= 0.6 is 11.6 Å². The van der Waals surface area contributed by atoms with Crippen LogP contribution in [0.1, 0.15) is 39.2 Å². The summed E-state index contributed by atoms with van der Waals surface area (Å²) in [4.78, 5) is 17.4. The Labute approximate surface area is 201 Å². The SMILES string of the molecule is Cc1nnc2n1-c1ccc(C(=O)NCCO)cc1C(c1ccc(Cl)cc1)=N[C@H]2COS(C)(=O)=O. The van der Waals surface area contributed by atoms with Crippen molar-refractivity contribution in [2.75, 3.05) is 26.0 Å². The van der Waals surface area contributed by atoms with Crippen LogP contribution in [0.2, 0.25) is 5.02 Å². The summed E-state index contributed by atoms with van der Waals surface area (Å²) in [6.45, 7) is 1.43. The van der Waals surface area contributed by atoms with Gasteiger partial charge >= 0.3 is 0 Å². The molecule has 2 N–H and O–H groups in total. The van der Waals surface area contributed by atoms with Gasteiger partial charge in [0.1, 0.15) is 11.9 Å². The third-order valence-corrected chi connectivity index (χ3v) is 5.96. The molecule has 0 saturated heterocycles. The van der Waals surface area contributed by atoms with Crippen LogP contribution in [0.3, 0.4) is 0 Å². The van der Waals surface area contributed by atoms with E-state index in [1.54, 1.807) is 54.0 Å². The zero-order valence-corrected chi connectivity index (χ0v) is 20.0. The standard InChI is InChI=1S/C22H22ClN5O5S/c1-13-26-27-21-18(12-33-34(2,31)32)25-20(14-3-6-16(23)7-4-14)17-11-15(22(30)24-9-10-29)5-8-19(17)28(13)21/h3-8,11,18,29H,9-10,12H2,1-2H3,(H,24,30)/t18-/m0/s1. The fraction of sp³-hybridized carbons (Fsp3) is 0.273. The number of carbonyl (C=O) groups excluding carboxylic acids is 1. The van der Waals surface area contributed by atoms with Gasteiger partial charge in [-0.15, -0.1) is 10.2 Å². The number of aliphatic hydroxyl groups excluding tert-OH is 1. The Kier molecular flexibility index (Phi) is 6.80. The van der Waals surface area contributed by atoms with E-state index >= 15 is 0 Å². The average Bonchev–Trinajstić information content (AvgIpc) is 3.11. The van der Waals surface area contributed by atoms with Gasteiger partial charge in [-0.05, 0) is 37.3 Å². The van der Waals surface area contributed by atoms with Crippen LogP contribution in [0.4, 0.5) is 0 Å². The molecule has 1 amide bonds. The molecule has 1 atom stereocenters. The summed E-state index contributed by atoms with van der Waals surface area (Å²) < 4.78 is 30.2. The maximum Gasteiger partial charge on any atom is 0.264 e. The number of rotatable bonds is 7. The van der Waals surface area contributed by atoms with Crippen LogP contribution < -0.4 is 5.32 Å². The maximum absolute atomic E-state index is 12.6. The van der Waals surface area contributed by atoms with Crippen molar-refractivity contribution in [2.45, 2.75) is 13.0 Å². The monoisotopic (exact) mass is 503 g/mol. The number of nitrogens with one attached hydrogen (secondary N) is 1. The molecule has 12 heteroatoms. The van der Waals surface area contributed by atoms with Gasteiger partial charge in [0.05, 0.1) is 30.9 Å². The number of carbonyl (C=O) groups is 1. The van der Waals surface area contributed by atoms with Crippen LogP contribution in [0.5, 0.6) is 0 Å². The van der Waals surface area contributed by atoms with Crippen LogP contribution in [0.25, 0.3) is 5.69 Å². The molecule has 4 rings (SSSR count). The highest BCUT2D eigenvalue weighted by molar-refractivity contribution is 7.85. The second-order valence-corrected chi connectivity index (χ2v) is 9.72. The smallest absolute Gasteiger partial charge is 0.264 e. The lowest BCUT2D eigenvalue weighted by atomic mass is 9.98. The molecule has 0 aliphatic carbocycles. The van der Waals surface area contributed by atoms with Crippen molar-refractivity contribution >= 4 is 33.3 Å². The number of halogens is 1. The number of benzene rings is 2. The van der Waals surface area contributed by atoms with Gasteiger partial charge in [-0.2, -0.15) is 8.42 Å². The third kappa shape index (κ3) is 5.02. The molecule has 0 spiro atoms. The summed E-state index contributed by atoms with van der Waals surface area (Å²) >= 11 is 6.08. The lowest BCUT2D eigenvalue weighted by molar-refractivity contribution is 0.0944. The molecule has 1 aliphatic heterocycles. The summed E-state index contributed by atoms with van der Waals surface area (Å²) in [5.74, 6) is 0.615. The predicted molar refractivity (Wildman–Crippen MR) is 126 cm³/mol. The fourth-order valence-corrected chi connectivity index (χ4v) is 4.15. The number of fused-ring (bicyclic) bond motifs is 3. The van der Waals surface area contributed by atoms with Crippen LogP contribution in [0, 0.1) is 6.92 Å². The summed E-state index contributed by atoms with van der Waals surface area (Å²) in [6.07, 6.45) is 0.968. The number of nitrogens with zero attached hydrogens (tertiary/aromatic N) is 4. The van der Waals surface area contributed by atoms with Gasteiger partial charge in [-0.3, -0.25) is 18.5 Å². The molecule has 2 aromatic carbocycles. The molecular formula is C22H22ClN5O5S. The lowest BCUT2D eigenvalue weighted by Crippen LogP contribution is -2.26. The van der Waals surface area contributed by atoms with E-state index in [1.165, 1.54) is 0 Å². The Morgan fingerprint density at radius 1 is 1.21 bits per heavy atom. The Morgan fingerprint density at radius 3 is 2.62 bits per heavy atom. The van der Waals surface area contributed by atoms with Crippen molar-refractivity contribution in [3.8, 4) is 5.69 Å². The van der Waals surface area contributed by atoms with Gasteiger partial charge in [0.2, 0.25) is 0 Å². The molecule has 0 radical (unpaired) electrons. The first-order valence-corrected chi connectivity index (χ1v) is 12.5. The van der Waals surface area contributed by atoms with Gasteiger partial charge in [0, 0.05) is 28.3 Å². The molecule has 34 heavy (non-hydrogen) atoms. The van der Waals surface area contributed by atoms with Crippen molar-refractivity contribution in [2.24, 2.45) is 4.99 Å². The van der Waals surface area contributed by atoms with Gasteiger partial charge in [0.25, 0.3) is 16.0 Å². The van der Waals surface area contributed by atoms with E-state index in [-0.39, 0.29) is 25.7 Å². The molecule has 0 unspecified atom stereocenters. The maximum atomic E-state index is 12.6. The Bertz CT molecular complexity index is 1370. The molecule has 2 heterocycles. The van der Waals surface area contributed by atoms with E-state index in [0.717, 1.165) is 6.26 Å². The number of aliphatic hydroxyl groups is 1. The average molecular weight is 504 g/mol. The summed E-state index contributed by atoms with van der Waals surface area (Å²) in [6, 6.07) is 11.3. The summed E-state index contributed by atoms with van der Waals surface area (Å²) in [5, 5.41) is 20.6. The summed E-state index contributed by atoms with van der Waals surface area (Å²) in [7, 11) is -3.73. The topological polar surface area (TPSA) is 136 Å². The minimum atomic E-state index is -3.73. The normalized spacial score (nSPS) is 15.2. The third-order valence-electron chi connectivity index (χ3n) is 5.14. The van der Waals surface area contributed by atoms with Crippen LogP contribution in [-0.4, -0.2) is 65.9 Å². The Balaban J connectivity index is 1.93. The highest BCUT2D eigenvalue weighted by Gasteiger charge is 2.29. The van der Waals surface area contributed by atoms with Gasteiger partial charge in [-0.25, -0.2) is 0 Å². The highest BCUT2D eigenvalue weighted by atomic mass is 35.5. The molecule has 3 aromatic rings. The molecule has 1 aliphatic rings. The van der Waals surface area contributed by atoms with Gasteiger partial charge in [0.15, 0.2) is 5.82 Å². The molecule has 178 valence electrons. The highest BCUT2D eigenvalue weighted by Crippen LogP contribution is 2.32. The van der Waals surface area contributed by atoms with E-state index in [1.807, 2.05) is 0 Å². The second-order valence-electron chi connectivity index (χ2n) is 7.64. The number of aromatic nitrogens is 3. The van der Waals surface area contributed by atoms with Crippen molar-refractivity contribution in [1.82, 2.24) is 20.1 Å². The van der Waals surface area contributed by atoms with E-state index in [2.05, 4.69) is 15.5 Å².